The van der Waals surface area contributed by atoms with E-state index in [1.54, 1.807) is 0 Å². The third kappa shape index (κ3) is 2.71. The lowest BCUT2D eigenvalue weighted by Gasteiger charge is -2.32. The van der Waals surface area contributed by atoms with Gasteiger partial charge in [0.2, 0.25) is 0 Å². The molecule has 0 amide bonds. The Morgan fingerprint density at radius 3 is 2.96 bits per heavy atom. The number of ether oxygens (including phenoxy) is 1. The zero-order chi connectivity index (χ0) is 16.6. The van der Waals surface area contributed by atoms with E-state index in [9.17, 15) is 0 Å². The van der Waals surface area contributed by atoms with Crippen LogP contribution in [0.4, 0.5) is 5.82 Å². The second-order valence-corrected chi connectivity index (χ2v) is 7.32. The highest BCUT2D eigenvalue weighted by Gasteiger charge is 2.37. The van der Waals surface area contributed by atoms with E-state index in [-0.39, 0.29) is 0 Å². The van der Waals surface area contributed by atoms with E-state index in [4.69, 9.17) is 14.7 Å². The molecule has 0 unspecified atom stereocenters. The molecule has 0 radical (unpaired) electrons. The first-order chi connectivity index (χ1) is 12.4. The quantitative estimate of drug-likeness (QED) is 0.843. The largest absolute Gasteiger partial charge is 0.376 e. The smallest absolute Gasteiger partial charge is 0.180 e. The molecule has 25 heavy (non-hydrogen) atoms. The minimum Gasteiger partial charge on any atom is -0.376 e. The van der Waals surface area contributed by atoms with Gasteiger partial charge in [-0.3, -0.25) is 4.98 Å². The van der Waals surface area contributed by atoms with Crippen LogP contribution >= 0.6 is 0 Å². The van der Waals surface area contributed by atoms with Crippen LogP contribution in [0.1, 0.15) is 43.4 Å². The van der Waals surface area contributed by atoms with E-state index < -0.39 is 0 Å². The SMILES string of the molecule is c1ccc(-c2nc3c(c(N4CCCO[C@H]5CCC[C@H]54)n2)CCC3)nc1. The van der Waals surface area contributed by atoms with Gasteiger partial charge in [-0.2, -0.15) is 0 Å². The zero-order valence-electron chi connectivity index (χ0n) is 14.5. The van der Waals surface area contributed by atoms with Crippen LogP contribution in [-0.4, -0.2) is 40.2 Å². The van der Waals surface area contributed by atoms with Gasteiger partial charge in [0.05, 0.1) is 12.1 Å². The molecule has 130 valence electrons. The first-order valence-electron chi connectivity index (χ1n) is 9.59. The molecule has 2 fully saturated rings. The summed E-state index contributed by atoms with van der Waals surface area (Å²) >= 11 is 0. The Morgan fingerprint density at radius 2 is 2.04 bits per heavy atom. The van der Waals surface area contributed by atoms with Crippen LogP contribution in [0.25, 0.3) is 11.5 Å². The van der Waals surface area contributed by atoms with Crippen molar-refractivity contribution < 1.29 is 4.74 Å². The fraction of sp³-hybridized carbons (Fsp3) is 0.550. The molecule has 1 aliphatic heterocycles. The standard InChI is InChI=1S/C20H24N4O/c1-2-11-21-16(7-1)19-22-15-8-3-6-14(15)20(23-19)24-12-5-13-25-18-10-4-9-17(18)24/h1-2,7,11,17-18H,3-6,8-10,12-13H2/t17-,18+/m1/s1. The molecule has 5 heteroatoms. The first kappa shape index (κ1) is 15.3. The van der Waals surface area contributed by atoms with Crippen LogP contribution in [0.15, 0.2) is 24.4 Å². The van der Waals surface area contributed by atoms with Gasteiger partial charge < -0.3 is 9.64 Å². The van der Waals surface area contributed by atoms with Gasteiger partial charge in [0, 0.05) is 30.6 Å². The Morgan fingerprint density at radius 1 is 1.04 bits per heavy atom. The molecule has 0 N–H and O–H groups in total. The van der Waals surface area contributed by atoms with Gasteiger partial charge in [-0.15, -0.1) is 0 Å². The van der Waals surface area contributed by atoms with Gasteiger partial charge in [0.15, 0.2) is 5.82 Å². The number of fused-ring (bicyclic) bond motifs is 2. The predicted molar refractivity (Wildman–Crippen MR) is 96.6 cm³/mol. The minimum atomic E-state index is 0.368. The number of anilines is 1. The highest BCUT2D eigenvalue weighted by atomic mass is 16.5. The molecule has 0 spiro atoms. The minimum absolute atomic E-state index is 0.368. The van der Waals surface area contributed by atoms with Crippen molar-refractivity contribution in [2.75, 3.05) is 18.1 Å². The second kappa shape index (κ2) is 6.37. The van der Waals surface area contributed by atoms with E-state index in [0.717, 1.165) is 49.8 Å². The van der Waals surface area contributed by atoms with Gasteiger partial charge in [-0.05, 0) is 57.1 Å². The first-order valence-corrected chi connectivity index (χ1v) is 9.59. The van der Waals surface area contributed by atoms with Gasteiger partial charge in [0.25, 0.3) is 0 Å². The highest BCUT2D eigenvalue weighted by molar-refractivity contribution is 5.59. The molecule has 5 nitrogen and oxygen atoms in total. The van der Waals surface area contributed by atoms with Crippen molar-refractivity contribution in [1.82, 2.24) is 15.0 Å². The van der Waals surface area contributed by atoms with Gasteiger partial charge in [0.1, 0.15) is 11.5 Å². The molecular weight excluding hydrogens is 312 g/mol. The van der Waals surface area contributed by atoms with Crippen molar-refractivity contribution in [3.63, 3.8) is 0 Å². The summed E-state index contributed by atoms with van der Waals surface area (Å²) in [6.45, 7) is 1.91. The van der Waals surface area contributed by atoms with Crippen LogP contribution in [0.5, 0.6) is 0 Å². The molecule has 1 saturated carbocycles. The van der Waals surface area contributed by atoms with Crippen molar-refractivity contribution in [3.8, 4) is 11.5 Å². The summed E-state index contributed by atoms with van der Waals surface area (Å²) in [6.07, 6.45) is 10.2. The summed E-state index contributed by atoms with van der Waals surface area (Å²) in [7, 11) is 0. The van der Waals surface area contributed by atoms with Crippen molar-refractivity contribution in [3.05, 3.63) is 35.7 Å². The fourth-order valence-electron chi connectivity index (χ4n) is 4.62. The maximum absolute atomic E-state index is 6.12. The lowest BCUT2D eigenvalue weighted by Crippen LogP contribution is -2.41. The Labute approximate surface area is 148 Å². The molecule has 2 atom stereocenters. The third-order valence-electron chi connectivity index (χ3n) is 5.77. The zero-order valence-corrected chi connectivity index (χ0v) is 14.5. The fourth-order valence-corrected chi connectivity index (χ4v) is 4.62. The van der Waals surface area contributed by atoms with Crippen molar-refractivity contribution in [2.24, 2.45) is 0 Å². The molecule has 3 heterocycles. The average Bonchev–Trinajstić information content (AvgIpc) is 3.27. The normalized spacial score (nSPS) is 25.5. The van der Waals surface area contributed by atoms with E-state index in [2.05, 4.69) is 9.88 Å². The molecule has 2 aromatic heterocycles. The van der Waals surface area contributed by atoms with Crippen molar-refractivity contribution in [2.45, 2.75) is 57.1 Å². The summed E-state index contributed by atoms with van der Waals surface area (Å²) in [4.78, 5) is 16.9. The van der Waals surface area contributed by atoms with E-state index in [1.807, 2.05) is 24.4 Å². The lowest BCUT2D eigenvalue weighted by atomic mass is 10.1. The maximum atomic E-state index is 6.12. The molecule has 2 aliphatic carbocycles. The molecule has 5 rings (SSSR count). The summed E-state index contributed by atoms with van der Waals surface area (Å²) in [6, 6.07) is 6.42. The number of aryl methyl sites for hydroxylation is 1. The Bertz CT molecular complexity index is 764. The monoisotopic (exact) mass is 336 g/mol. The van der Waals surface area contributed by atoms with Crippen molar-refractivity contribution >= 4 is 5.82 Å². The molecule has 2 aromatic rings. The van der Waals surface area contributed by atoms with E-state index >= 15 is 0 Å². The topological polar surface area (TPSA) is 51.1 Å². The molecule has 3 aliphatic rings. The van der Waals surface area contributed by atoms with Gasteiger partial charge >= 0.3 is 0 Å². The number of nitrogens with zero attached hydrogens (tertiary/aromatic N) is 4. The number of hydrogen-bond acceptors (Lipinski definition) is 5. The number of pyridine rings is 1. The number of hydrogen-bond donors (Lipinski definition) is 0. The maximum Gasteiger partial charge on any atom is 0.180 e. The number of rotatable bonds is 2. The summed E-state index contributed by atoms with van der Waals surface area (Å²) in [5.74, 6) is 1.93. The van der Waals surface area contributed by atoms with E-state index in [0.29, 0.717) is 12.1 Å². The van der Waals surface area contributed by atoms with Crippen molar-refractivity contribution in [1.29, 1.82) is 0 Å². The van der Waals surface area contributed by atoms with Crippen LogP contribution < -0.4 is 4.90 Å². The molecule has 0 aromatic carbocycles. The van der Waals surface area contributed by atoms with Crippen LogP contribution in [0.2, 0.25) is 0 Å². The molecule has 1 saturated heterocycles. The number of aromatic nitrogens is 3. The predicted octanol–water partition coefficient (Wildman–Crippen LogP) is 3.18. The Hall–Kier alpha value is -2.01. The average molecular weight is 336 g/mol. The second-order valence-electron chi connectivity index (χ2n) is 7.32. The van der Waals surface area contributed by atoms with E-state index in [1.165, 1.54) is 36.9 Å². The summed E-state index contributed by atoms with van der Waals surface area (Å²) < 4.78 is 6.12. The third-order valence-corrected chi connectivity index (χ3v) is 5.77. The summed E-state index contributed by atoms with van der Waals surface area (Å²) in [5.41, 5.74) is 3.46. The van der Waals surface area contributed by atoms with Crippen LogP contribution in [0.3, 0.4) is 0 Å². The Kier molecular flexibility index (Phi) is 3.89. The molecule has 0 bridgehead atoms. The summed E-state index contributed by atoms with van der Waals surface area (Å²) in [5, 5.41) is 0. The van der Waals surface area contributed by atoms with Gasteiger partial charge in [-0.25, -0.2) is 9.97 Å². The van der Waals surface area contributed by atoms with Gasteiger partial charge in [-0.1, -0.05) is 6.07 Å². The molecular formula is C20H24N4O. The lowest BCUT2D eigenvalue weighted by molar-refractivity contribution is 0.0590. The highest BCUT2D eigenvalue weighted by Crippen LogP contribution is 2.37. The Balaban J connectivity index is 1.61. The van der Waals surface area contributed by atoms with Crippen LogP contribution in [0, 0.1) is 0 Å². The van der Waals surface area contributed by atoms with Crippen LogP contribution in [-0.2, 0) is 17.6 Å².